The normalized spacial score (nSPS) is 12.2. The van der Waals surface area contributed by atoms with Gasteiger partial charge < -0.3 is 16.2 Å². The number of carbonyl (C=O) groups excluding carboxylic acids is 1. The molecule has 0 fully saturated rings. The summed E-state index contributed by atoms with van der Waals surface area (Å²) in [6.45, 7) is 2.26. The Morgan fingerprint density at radius 2 is 2.06 bits per heavy atom. The molecule has 0 saturated carbocycles. The quantitative estimate of drug-likeness (QED) is 0.688. The third kappa shape index (κ3) is 3.64. The van der Waals surface area contributed by atoms with E-state index >= 15 is 0 Å². The number of rotatable bonds is 5. The molecule has 16 heavy (non-hydrogen) atoms. The van der Waals surface area contributed by atoms with Gasteiger partial charge >= 0.3 is 0 Å². The molecule has 0 heterocycles. The molecule has 0 saturated heterocycles. The number of amides is 1. The Bertz CT molecular complexity index is 335. The lowest BCUT2D eigenvalue weighted by atomic mass is 10.1. The molecule has 0 aromatic heterocycles. The molecular weight excluding hydrogens is 204 g/mol. The van der Waals surface area contributed by atoms with Crippen molar-refractivity contribution in [2.24, 2.45) is 11.7 Å². The topological polar surface area (TPSA) is 75.4 Å². The molecule has 0 spiro atoms. The van der Waals surface area contributed by atoms with Crippen LogP contribution in [0.4, 0.5) is 5.69 Å². The van der Waals surface area contributed by atoms with Crippen LogP contribution in [0, 0.1) is 5.92 Å². The third-order valence-corrected chi connectivity index (χ3v) is 2.42. The van der Waals surface area contributed by atoms with E-state index in [9.17, 15) is 4.79 Å². The average molecular weight is 222 g/mol. The second kappa shape index (κ2) is 6.25. The van der Waals surface area contributed by atoms with Crippen molar-refractivity contribution in [2.75, 3.05) is 18.5 Å². The van der Waals surface area contributed by atoms with Gasteiger partial charge in [0, 0.05) is 24.8 Å². The number of anilines is 1. The monoisotopic (exact) mass is 222 g/mol. The summed E-state index contributed by atoms with van der Waals surface area (Å²) in [4.78, 5) is 11.5. The van der Waals surface area contributed by atoms with Gasteiger partial charge in [-0.05, 0) is 24.1 Å². The van der Waals surface area contributed by atoms with E-state index in [0.717, 1.165) is 11.3 Å². The first-order valence-corrected chi connectivity index (χ1v) is 5.38. The molecule has 0 bridgehead atoms. The van der Waals surface area contributed by atoms with Gasteiger partial charge in [0.15, 0.2) is 0 Å². The maximum Gasteiger partial charge on any atom is 0.228 e. The van der Waals surface area contributed by atoms with E-state index in [2.05, 4.69) is 5.32 Å². The van der Waals surface area contributed by atoms with E-state index in [1.165, 1.54) is 0 Å². The Morgan fingerprint density at radius 3 is 2.56 bits per heavy atom. The third-order valence-electron chi connectivity index (χ3n) is 2.42. The Kier molecular flexibility index (Phi) is 4.95. The van der Waals surface area contributed by atoms with Crippen LogP contribution in [0.15, 0.2) is 24.3 Å². The summed E-state index contributed by atoms with van der Waals surface area (Å²) in [5, 5.41) is 11.5. The first-order valence-electron chi connectivity index (χ1n) is 5.38. The lowest BCUT2D eigenvalue weighted by Crippen LogP contribution is -2.26. The zero-order valence-electron chi connectivity index (χ0n) is 9.44. The molecule has 1 rings (SSSR count). The van der Waals surface area contributed by atoms with Gasteiger partial charge in [-0.1, -0.05) is 19.1 Å². The van der Waals surface area contributed by atoms with Gasteiger partial charge in [0.25, 0.3) is 0 Å². The summed E-state index contributed by atoms with van der Waals surface area (Å²) in [5.41, 5.74) is 7.21. The Morgan fingerprint density at radius 1 is 1.44 bits per heavy atom. The van der Waals surface area contributed by atoms with Crippen molar-refractivity contribution in [3.63, 3.8) is 0 Å². The van der Waals surface area contributed by atoms with E-state index in [-0.39, 0.29) is 18.4 Å². The summed E-state index contributed by atoms with van der Waals surface area (Å²) in [6.07, 6.45) is 0.632. The van der Waals surface area contributed by atoms with Gasteiger partial charge in [0.2, 0.25) is 5.91 Å². The smallest absolute Gasteiger partial charge is 0.228 e. The van der Waals surface area contributed by atoms with Crippen molar-refractivity contribution in [3.05, 3.63) is 29.8 Å². The zero-order valence-corrected chi connectivity index (χ0v) is 9.44. The number of hydrogen-bond donors (Lipinski definition) is 3. The van der Waals surface area contributed by atoms with E-state index in [4.69, 9.17) is 10.8 Å². The molecule has 1 amide bonds. The molecular formula is C12H18N2O2. The summed E-state index contributed by atoms with van der Waals surface area (Å²) in [6, 6.07) is 7.43. The molecule has 0 radical (unpaired) electrons. The Labute approximate surface area is 95.5 Å². The lowest BCUT2D eigenvalue weighted by Gasteiger charge is -2.10. The first-order chi connectivity index (χ1) is 7.67. The minimum absolute atomic E-state index is 0.0718. The average Bonchev–Trinajstić information content (AvgIpc) is 2.31. The minimum Gasteiger partial charge on any atom is -0.396 e. The number of aliphatic hydroxyl groups excluding tert-OH is 1. The maximum atomic E-state index is 11.5. The number of benzene rings is 1. The SMILES string of the molecule is CC(CN)C(=O)Nc1ccc(CCO)cc1. The molecule has 4 N–H and O–H groups in total. The van der Waals surface area contributed by atoms with Crippen LogP contribution in [0.1, 0.15) is 12.5 Å². The largest absolute Gasteiger partial charge is 0.396 e. The lowest BCUT2D eigenvalue weighted by molar-refractivity contribution is -0.119. The first kappa shape index (κ1) is 12.7. The predicted octanol–water partition coefficient (Wildman–Crippen LogP) is 0.755. The van der Waals surface area contributed by atoms with Crippen LogP contribution in [-0.2, 0) is 11.2 Å². The highest BCUT2D eigenvalue weighted by Crippen LogP contribution is 2.11. The second-order valence-corrected chi connectivity index (χ2v) is 3.80. The van der Waals surface area contributed by atoms with Crippen molar-refractivity contribution in [1.82, 2.24) is 0 Å². The molecule has 4 heteroatoms. The Hall–Kier alpha value is -1.39. The maximum absolute atomic E-state index is 11.5. The fourth-order valence-corrected chi connectivity index (χ4v) is 1.26. The second-order valence-electron chi connectivity index (χ2n) is 3.80. The predicted molar refractivity (Wildman–Crippen MR) is 64.1 cm³/mol. The highest BCUT2D eigenvalue weighted by atomic mass is 16.2. The molecule has 1 aromatic rings. The fraction of sp³-hybridized carbons (Fsp3) is 0.417. The van der Waals surface area contributed by atoms with Crippen molar-refractivity contribution in [2.45, 2.75) is 13.3 Å². The van der Waals surface area contributed by atoms with Crippen LogP contribution in [0.5, 0.6) is 0 Å². The van der Waals surface area contributed by atoms with Gasteiger partial charge in [0.05, 0.1) is 0 Å². The van der Waals surface area contributed by atoms with Crippen molar-refractivity contribution in [1.29, 1.82) is 0 Å². The van der Waals surface area contributed by atoms with Crippen LogP contribution in [0.25, 0.3) is 0 Å². The van der Waals surface area contributed by atoms with Crippen molar-refractivity contribution >= 4 is 11.6 Å². The van der Waals surface area contributed by atoms with Crippen LogP contribution < -0.4 is 11.1 Å². The van der Waals surface area contributed by atoms with E-state index in [1.54, 1.807) is 6.92 Å². The summed E-state index contributed by atoms with van der Waals surface area (Å²) < 4.78 is 0. The van der Waals surface area contributed by atoms with Gasteiger partial charge in [-0.15, -0.1) is 0 Å². The summed E-state index contributed by atoms with van der Waals surface area (Å²) in [5.74, 6) is -0.255. The molecule has 1 atom stereocenters. The number of hydrogen-bond acceptors (Lipinski definition) is 3. The van der Waals surface area contributed by atoms with Crippen LogP contribution in [0.2, 0.25) is 0 Å². The van der Waals surface area contributed by atoms with Gasteiger partial charge in [-0.2, -0.15) is 0 Å². The highest BCUT2D eigenvalue weighted by molar-refractivity contribution is 5.92. The number of nitrogens with one attached hydrogen (secondary N) is 1. The van der Waals surface area contributed by atoms with Gasteiger partial charge in [-0.25, -0.2) is 0 Å². The van der Waals surface area contributed by atoms with Crippen molar-refractivity contribution in [3.8, 4) is 0 Å². The molecule has 0 aliphatic carbocycles. The number of aliphatic hydroxyl groups is 1. The molecule has 0 aliphatic heterocycles. The highest BCUT2D eigenvalue weighted by Gasteiger charge is 2.10. The summed E-state index contributed by atoms with van der Waals surface area (Å²) in [7, 11) is 0. The minimum atomic E-state index is -0.183. The van der Waals surface area contributed by atoms with E-state index in [0.29, 0.717) is 13.0 Å². The molecule has 88 valence electrons. The molecule has 0 aliphatic rings. The number of carbonyl (C=O) groups is 1. The molecule has 4 nitrogen and oxygen atoms in total. The fourth-order valence-electron chi connectivity index (χ4n) is 1.26. The van der Waals surface area contributed by atoms with E-state index < -0.39 is 0 Å². The van der Waals surface area contributed by atoms with E-state index in [1.807, 2.05) is 24.3 Å². The number of nitrogens with two attached hydrogens (primary N) is 1. The van der Waals surface area contributed by atoms with Gasteiger partial charge in [0.1, 0.15) is 0 Å². The standard InChI is InChI=1S/C12H18N2O2/c1-9(8-13)12(16)14-11-4-2-10(3-5-11)6-7-15/h2-5,9,15H,6-8,13H2,1H3,(H,14,16). The van der Waals surface area contributed by atoms with Crippen LogP contribution in [-0.4, -0.2) is 24.2 Å². The van der Waals surface area contributed by atoms with Crippen molar-refractivity contribution < 1.29 is 9.90 Å². The Balaban J connectivity index is 2.58. The zero-order chi connectivity index (χ0) is 12.0. The molecule has 1 aromatic carbocycles. The summed E-state index contributed by atoms with van der Waals surface area (Å²) >= 11 is 0. The van der Waals surface area contributed by atoms with Gasteiger partial charge in [-0.3, -0.25) is 4.79 Å². The molecule has 1 unspecified atom stereocenters. The van der Waals surface area contributed by atoms with Crippen LogP contribution in [0.3, 0.4) is 0 Å². The van der Waals surface area contributed by atoms with Crippen LogP contribution >= 0.6 is 0 Å².